The van der Waals surface area contributed by atoms with Gasteiger partial charge in [0.05, 0.1) is 11.4 Å². The van der Waals surface area contributed by atoms with E-state index in [1.807, 2.05) is 24.3 Å². The minimum absolute atomic E-state index is 0. The summed E-state index contributed by atoms with van der Waals surface area (Å²) in [7, 11) is 0. The van der Waals surface area contributed by atoms with Gasteiger partial charge >= 0.3 is 29.6 Å². The summed E-state index contributed by atoms with van der Waals surface area (Å²) in [4.78, 5) is 14.5. The van der Waals surface area contributed by atoms with E-state index in [-0.39, 0.29) is 29.6 Å². The van der Waals surface area contributed by atoms with Crippen molar-refractivity contribution in [3.8, 4) is 0 Å². The van der Waals surface area contributed by atoms with Gasteiger partial charge in [0.2, 0.25) is 0 Å². The van der Waals surface area contributed by atoms with E-state index in [4.69, 9.17) is 13.3 Å². The first kappa shape index (κ1) is 16.5. The monoisotopic (exact) mass is 262 g/mol. The smallest absolute Gasteiger partial charge is 0.750 e. The molecule has 0 amide bonds. The van der Waals surface area contributed by atoms with Crippen molar-refractivity contribution in [2.45, 2.75) is 6.42 Å². The second kappa shape index (κ2) is 8.57. The maximum atomic E-state index is 10.3. The fourth-order valence-corrected chi connectivity index (χ4v) is 1.33. The van der Waals surface area contributed by atoms with Gasteiger partial charge in [-0.25, -0.2) is 4.21 Å². The van der Waals surface area contributed by atoms with Crippen molar-refractivity contribution in [3.63, 3.8) is 0 Å². The van der Waals surface area contributed by atoms with Gasteiger partial charge in [-0.15, -0.1) is 11.6 Å². The Morgan fingerprint density at radius 1 is 1.47 bits per heavy atom. The number of nitrogens with zero attached hydrogens (tertiary/aromatic N) is 1. The normalized spacial score (nSPS) is 10.9. The third-order valence-electron chi connectivity index (χ3n) is 1.91. The van der Waals surface area contributed by atoms with E-state index in [0.717, 1.165) is 22.8 Å². The molecule has 0 saturated heterocycles. The van der Waals surface area contributed by atoms with Crippen LogP contribution in [0.1, 0.15) is 5.56 Å². The second-order valence-electron chi connectivity index (χ2n) is 2.89. The fourth-order valence-electron chi connectivity index (χ4n) is 1.33. The first-order valence-electron chi connectivity index (χ1n) is 4.36. The van der Waals surface area contributed by atoms with Crippen LogP contribution in [0, 0.1) is 0 Å². The molecule has 1 aromatic carbocycles. The molecule has 0 aliphatic heterocycles. The molecule has 17 heavy (non-hydrogen) atoms. The minimum atomic E-state index is -2.86. The second-order valence-corrected chi connectivity index (χ2v) is 3.32. The minimum Gasteiger partial charge on any atom is -0.750 e. The van der Waals surface area contributed by atoms with Crippen LogP contribution in [-0.2, 0) is 22.6 Å². The predicted molar refractivity (Wildman–Crippen MR) is 58.7 cm³/mol. The van der Waals surface area contributed by atoms with Crippen LogP contribution in [0.15, 0.2) is 30.5 Å². The van der Waals surface area contributed by atoms with Crippen LogP contribution in [0.4, 0.5) is 0 Å². The number of carbonyl (C=O) groups excluding carboxylic acids is 1. The number of hydrogen-bond donors (Lipinski definition) is 1. The number of fused-ring (bicyclic) bond motifs is 1. The van der Waals surface area contributed by atoms with E-state index in [0.29, 0.717) is 6.42 Å². The molecule has 2 rings (SSSR count). The molecule has 86 valence electrons. The third-order valence-corrected chi connectivity index (χ3v) is 1.91. The Morgan fingerprint density at radius 3 is 2.65 bits per heavy atom. The van der Waals surface area contributed by atoms with Crippen LogP contribution in [0.2, 0.25) is 0 Å². The molecule has 0 aliphatic carbocycles. The molecule has 0 spiro atoms. The van der Waals surface area contributed by atoms with Crippen LogP contribution in [0.3, 0.4) is 0 Å². The molecule has 0 saturated carbocycles. The Hall–Kier alpha value is -0.500. The van der Waals surface area contributed by atoms with E-state index < -0.39 is 11.4 Å². The van der Waals surface area contributed by atoms with E-state index in [1.54, 1.807) is 6.20 Å². The molecule has 1 unspecified atom stereocenters. The summed E-state index contributed by atoms with van der Waals surface area (Å²) >= 11 is -2.86. The van der Waals surface area contributed by atoms with Crippen molar-refractivity contribution in [2.75, 3.05) is 0 Å². The van der Waals surface area contributed by atoms with Gasteiger partial charge in [-0.1, -0.05) is 12.1 Å². The molecular formula is C10H9NNaO4S-. The maximum Gasteiger partial charge on any atom is 1.00 e. The van der Waals surface area contributed by atoms with Crippen molar-refractivity contribution in [1.82, 2.24) is 4.98 Å². The van der Waals surface area contributed by atoms with Gasteiger partial charge < -0.3 is 18.9 Å². The molecule has 0 radical (unpaired) electrons. The first-order chi connectivity index (χ1) is 7.65. The molecule has 0 bridgehead atoms. The summed E-state index contributed by atoms with van der Waals surface area (Å²) in [5.74, 6) is 0. The average Bonchev–Trinajstić information content (AvgIpc) is 2.62. The van der Waals surface area contributed by atoms with Crippen LogP contribution in [0.25, 0.3) is 10.9 Å². The zero-order valence-corrected chi connectivity index (χ0v) is 12.0. The number of hydrogen-bond acceptors (Lipinski definition) is 4. The predicted octanol–water partition coefficient (Wildman–Crippen LogP) is -1.96. The van der Waals surface area contributed by atoms with Gasteiger partial charge in [0.1, 0.15) is 6.29 Å². The number of aldehydes is 1. The zero-order chi connectivity index (χ0) is 12.0. The molecular weight excluding hydrogens is 253 g/mol. The molecule has 0 aliphatic rings. The number of carbonyl (C=O) groups is 1. The SMILES string of the molecule is O=CC[c-]1cnc2ccccc21.O=S([O-])O.[Na+]. The Balaban J connectivity index is 0.000000453. The Bertz CT molecular complexity index is 496. The summed E-state index contributed by atoms with van der Waals surface area (Å²) in [5.41, 5.74) is 1.98. The van der Waals surface area contributed by atoms with Crippen molar-refractivity contribution < 1.29 is 47.7 Å². The van der Waals surface area contributed by atoms with Crippen molar-refractivity contribution in [3.05, 3.63) is 36.0 Å². The summed E-state index contributed by atoms with van der Waals surface area (Å²) in [6.45, 7) is 0. The van der Waals surface area contributed by atoms with E-state index >= 15 is 0 Å². The Morgan fingerprint density at radius 2 is 2.06 bits per heavy atom. The van der Waals surface area contributed by atoms with Gasteiger partial charge in [0.25, 0.3) is 0 Å². The molecule has 0 fully saturated rings. The van der Waals surface area contributed by atoms with Crippen LogP contribution < -0.4 is 29.6 Å². The van der Waals surface area contributed by atoms with Crippen molar-refractivity contribution >= 4 is 28.6 Å². The maximum absolute atomic E-state index is 10.3. The third kappa shape index (κ3) is 5.58. The van der Waals surface area contributed by atoms with Gasteiger partial charge in [-0.2, -0.15) is 11.5 Å². The van der Waals surface area contributed by atoms with Crippen LogP contribution in [0.5, 0.6) is 0 Å². The Labute approximate surface area is 123 Å². The summed E-state index contributed by atoms with van der Waals surface area (Å²) in [6.07, 6.45) is 3.13. The Kier molecular flexibility index (Phi) is 8.32. The zero-order valence-electron chi connectivity index (χ0n) is 9.20. The molecule has 2 aromatic rings. The van der Waals surface area contributed by atoms with Crippen molar-refractivity contribution in [2.24, 2.45) is 0 Å². The largest absolute Gasteiger partial charge is 1.00 e. The van der Waals surface area contributed by atoms with E-state index in [9.17, 15) is 4.79 Å². The molecule has 1 heterocycles. The van der Waals surface area contributed by atoms with Crippen LogP contribution in [-0.4, -0.2) is 24.6 Å². The van der Waals surface area contributed by atoms with E-state index in [2.05, 4.69) is 4.98 Å². The summed E-state index contributed by atoms with van der Waals surface area (Å²) in [6, 6.07) is 7.84. The van der Waals surface area contributed by atoms with Crippen molar-refractivity contribution in [1.29, 1.82) is 0 Å². The molecule has 1 aromatic heterocycles. The molecule has 1 atom stereocenters. The molecule has 1 N–H and O–H groups in total. The van der Waals surface area contributed by atoms with Crippen LogP contribution >= 0.6 is 0 Å². The van der Waals surface area contributed by atoms with Gasteiger partial charge in [-0.05, 0) is 18.1 Å². The van der Waals surface area contributed by atoms with Gasteiger partial charge in [0.15, 0.2) is 0 Å². The quantitative estimate of drug-likeness (QED) is 0.294. The van der Waals surface area contributed by atoms with Gasteiger partial charge in [0, 0.05) is 0 Å². The number of aromatic nitrogens is 1. The fraction of sp³-hybridized carbons (Fsp3) is 0.100. The number of para-hydroxylation sites is 1. The summed E-state index contributed by atoms with van der Waals surface area (Å²) < 4.78 is 24.1. The standard InChI is InChI=1S/C10H8NO.Na.H2O3S/c12-6-5-8-7-11-10-4-2-1-3-9(8)10;;1-4(2)3/h1-4,6-7H,5H2;;(H2,1,2,3)/q-1;+1;/p-1. The summed E-state index contributed by atoms with van der Waals surface area (Å²) in [5, 5.41) is 1.09. The average molecular weight is 262 g/mol. The number of rotatable bonds is 2. The molecule has 7 heteroatoms. The molecule has 5 nitrogen and oxygen atoms in total. The topological polar surface area (TPSA) is 90.3 Å². The van der Waals surface area contributed by atoms with Gasteiger partial charge in [-0.3, -0.25) is 0 Å². The van der Waals surface area contributed by atoms with E-state index in [1.165, 1.54) is 0 Å². The first-order valence-corrected chi connectivity index (χ1v) is 5.39. The number of benzene rings is 1.